The maximum Gasteiger partial charge on any atom is 0.321 e. The summed E-state index contributed by atoms with van der Waals surface area (Å²) in [6.45, 7) is 0.641. The predicted octanol–water partition coefficient (Wildman–Crippen LogP) is 3.71. The first-order valence-electron chi connectivity index (χ1n) is 8.90. The Bertz CT molecular complexity index is 865. The molecule has 1 heterocycles. The summed E-state index contributed by atoms with van der Waals surface area (Å²) in [5, 5.41) is 12.1. The van der Waals surface area contributed by atoms with Gasteiger partial charge in [0.25, 0.3) is 0 Å². The number of aliphatic carboxylic acids is 1. The molecule has 0 bridgehead atoms. The molecule has 3 rings (SSSR count). The Labute approximate surface area is 181 Å². The van der Waals surface area contributed by atoms with E-state index < -0.39 is 12.0 Å². The number of ether oxygens (including phenoxy) is 4. The first kappa shape index (κ1) is 21.6. The number of rotatable bonds is 9. The van der Waals surface area contributed by atoms with Gasteiger partial charge in [-0.25, -0.2) is 0 Å². The minimum Gasteiger partial charge on any atom is -0.493 e. The van der Waals surface area contributed by atoms with Crippen LogP contribution in [0.5, 0.6) is 23.0 Å². The molecule has 9 heteroatoms. The van der Waals surface area contributed by atoms with Crippen LogP contribution in [0.2, 0.25) is 0 Å². The molecule has 0 aromatic heterocycles. The number of carbonyl (C=O) groups is 1. The van der Waals surface area contributed by atoms with Gasteiger partial charge in [0.15, 0.2) is 23.0 Å². The summed E-state index contributed by atoms with van der Waals surface area (Å²) in [6, 6.07) is 10.6. The molecule has 0 radical (unpaired) electrons. The van der Waals surface area contributed by atoms with Gasteiger partial charge in [-0.1, -0.05) is 12.1 Å². The van der Waals surface area contributed by atoms with Gasteiger partial charge in [0.1, 0.15) is 19.3 Å². The van der Waals surface area contributed by atoms with E-state index in [9.17, 15) is 4.79 Å². The lowest BCUT2D eigenvalue weighted by atomic mass is 10.2. The van der Waals surface area contributed by atoms with Crippen LogP contribution in [0.3, 0.4) is 0 Å². The normalized spacial score (nSPS) is 18.3. The molecule has 0 spiro atoms. The van der Waals surface area contributed by atoms with Gasteiger partial charge in [-0.2, -0.15) is 0 Å². The number of methoxy groups -OCH3 is 2. The predicted molar refractivity (Wildman–Crippen MR) is 114 cm³/mol. The van der Waals surface area contributed by atoms with Crippen molar-refractivity contribution in [1.29, 1.82) is 0 Å². The summed E-state index contributed by atoms with van der Waals surface area (Å²) in [5.74, 6) is 2.11. The SMILES string of the molecule is COc1ccccc1OCCOc1c(Br)cc(C2NC(C(=O)O)CS2)cc1OC. The van der Waals surface area contributed by atoms with E-state index in [1.54, 1.807) is 26.0 Å². The van der Waals surface area contributed by atoms with E-state index in [2.05, 4.69) is 21.2 Å². The molecular formula is C20H22BrNO6S. The van der Waals surface area contributed by atoms with E-state index in [1.807, 2.05) is 36.4 Å². The average molecular weight is 484 g/mol. The van der Waals surface area contributed by atoms with Crippen molar-refractivity contribution in [3.63, 3.8) is 0 Å². The monoisotopic (exact) mass is 483 g/mol. The van der Waals surface area contributed by atoms with E-state index in [0.29, 0.717) is 42.0 Å². The quantitative estimate of drug-likeness (QED) is 0.522. The van der Waals surface area contributed by atoms with Crippen LogP contribution in [-0.4, -0.2) is 50.3 Å². The van der Waals surface area contributed by atoms with E-state index in [0.717, 1.165) is 10.0 Å². The smallest absolute Gasteiger partial charge is 0.321 e. The summed E-state index contributed by atoms with van der Waals surface area (Å²) < 4.78 is 23.1. The van der Waals surface area contributed by atoms with Crippen molar-refractivity contribution >= 4 is 33.7 Å². The second-order valence-corrected chi connectivity index (χ2v) is 8.15. The van der Waals surface area contributed by atoms with Gasteiger partial charge < -0.3 is 24.1 Å². The number of carboxylic acids is 1. The van der Waals surface area contributed by atoms with Crippen LogP contribution in [0.25, 0.3) is 0 Å². The standard InChI is InChI=1S/C20H22BrNO6S/c1-25-15-5-3-4-6-16(15)27-7-8-28-18-13(21)9-12(10-17(18)26-2)19-22-14(11-29-19)20(23)24/h3-6,9-10,14,19,22H,7-8,11H2,1-2H3,(H,23,24). The molecule has 1 fully saturated rings. The molecule has 2 aromatic carbocycles. The van der Waals surface area contributed by atoms with Gasteiger partial charge in [-0.15, -0.1) is 11.8 Å². The number of nitrogens with one attached hydrogen (secondary N) is 1. The summed E-state index contributed by atoms with van der Waals surface area (Å²) >= 11 is 5.08. The Morgan fingerprint density at radius 2 is 1.83 bits per heavy atom. The van der Waals surface area contributed by atoms with Crippen molar-refractivity contribution in [2.45, 2.75) is 11.4 Å². The third kappa shape index (κ3) is 5.29. The second-order valence-electron chi connectivity index (χ2n) is 6.15. The Balaban J connectivity index is 1.63. The maximum absolute atomic E-state index is 11.2. The number of para-hydroxylation sites is 2. The van der Waals surface area contributed by atoms with Crippen LogP contribution >= 0.6 is 27.7 Å². The highest BCUT2D eigenvalue weighted by atomic mass is 79.9. The van der Waals surface area contributed by atoms with Crippen molar-refractivity contribution in [3.05, 3.63) is 46.4 Å². The maximum atomic E-state index is 11.2. The van der Waals surface area contributed by atoms with E-state index in [4.69, 9.17) is 24.1 Å². The molecule has 0 amide bonds. The molecule has 1 aliphatic heterocycles. The largest absolute Gasteiger partial charge is 0.493 e. The average Bonchev–Trinajstić information content (AvgIpc) is 3.22. The van der Waals surface area contributed by atoms with Crippen molar-refractivity contribution in [1.82, 2.24) is 5.32 Å². The van der Waals surface area contributed by atoms with Crippen LogP contribution in [0.4, 0.5) is 0 Å². The molecule has 1 saturated heterocycles. The van der Waals surface area contributed by atoms with Crippen LogP contribution < -0.4 is 24.3 Å². The lowest BCUT2D eigenvalue weighted by Crippen LogP contribution is -2.33. The van der Waals surface area contributed by atoms with Gasteiger partial charge >= 0.3 is 5.97 Å². The van der Waals surface area contributed by atoms with Crippen LogP contribution in [0.15, 0.2) is 40.9 Å². The molecule has 29 heavy (non-hydrogen) atoms. The number of hydrogen-bond donors (Lipinski definition) is 2. The van der Waals surface area contributed by atoms with Crippen LogP contribution in [0.1, 0.15) is 10.9 Å². The fourth-order valence-corrected chi connectivity index (χ4v) is 4.66. The number of hydrogen-bond acceptors (Lipinski definition) is 7. The highest BCUT2D eigenvalue weighted by Crippen LogP contribution is 2.42. The fraction of sp³-hybridized carbons (Fsp3) is 0.350. The molecular weight excluding hydrogens is 462 g/mol. The van der Waals surface area contributed by atoms with Gasteiger partial charge in [0.05, 0.1) is 24.1 Å². The molecule has 0 saturated carbocycles. The fourth-order valence-electron chi connectivity index (χ4n) is 2.87. The third-order valence-electron chi connectivity index (χ3n) is 4.29. The summed E-state index contributed by atoms with van der Waals surface area (Å²) in [5.41, 5.74) is 0.917. The molecule has 2 unspecified atom stereocenters. The van der Waals surface area contributed by atoms with Gasteiger partial charge in [0.2, 0.25) is 0 Å². The first-order valence-corrected chi connectivity index (χ1v) is 10.7. The summed E-state index contributed by atoms with van der Waals surface area (Å²) in [7, 11) is 3.16. The number of carboxylic acid groups (broad SMARTS) is 1. The molecule has 156 valence electrons. The van der Waals surface area contributed by atoms with Crippen molar-refractivity contribution in [2.24, 2.45) is 0 Å². The molecule has 0 aliphatic carbocycles. The van der Waals surface area contributed by atoms with Crippen molar-refractivity contribution in [2.75, 3.05) is 33.2 Å². The summed E-state index contributed by atoms with van der Waals surface area (Å²) in [4.78, 5) is 11.2. The molecule has 2 atom stereocenters. The van der Waals surface area contributed by atoms with Gasteiger partial charge in [-0.3, -0.25) is 10.1 Å². The van der Waals surface area contributed by atoms with E-state index in [1.165, 1.54) is 0 Å². The van der Waals surface area contributed by atoms with E-state index >= 15 is 0 Å². The minimum absolute atomic E-state index is 0.121. The zero-order valence-electron chi connectivity index (χ0n) is 16.0. The Kier molecular flexibility index (Phi) is 7.51. The molecule has 7 nitrogen and oxygen atoms in total. The molecule has 2 aromatic rings. The Morgan fingerprint density at radius 1 is 1.14 bits per heavy atom. The van der Waals surface area contributed by atoms with Crippen LogP contribution in [0, 0.1) is 0 Å². The third-order valence-corrected chi connectivity index (χ3v) is 6.15. The van der Waals surface area contributed by atoms with Gasteiger partial charge in [0, 0.05) is 5.75 Å². The van der Waals surface area contributed by atoms with E-state index in [-0.39, 0.29) is 5.37 Å². The van der Waals surface area contributed by atoms with Crippen molar-refractivity contribution < 1.29 is 28.8 Å². The molecule has 2 N–H and O–H groups in total. The topological polar surface area (TPSA) is 86.2 Å². The lowest BCUT2D eigenvalue weighted by Gasteiger charge is -2.18. The highest BCUT2D eigenvalue weighted by Gasteiger charge is 2.31. The number of benzene rings is 2. The first-order chi connectivity index (χ1) is 14.0. The number of thioether (sulfide) groups is 1. The molecule has 1 aliphatic rings. The Morgan fingerprint density at radius 3 is 2.48 bits per heavy atom. The van der Waals surface area contributed by atoms with Crippen molar-refractivity contribution in [3.8, 4) is 23.0 Å². The zero-order chi connectivity index (χ0) is 20.8. The zero-order valence-corrected chi connectivity index (χ0v) is 18.4. The van der Waals surface area contributed by atoms with Gasteiger partial charge in [-0.05, 0) is 45.8 Å². The summed E-state index contributed by atoms with van der Waals surface area (Å²) in [6.07, 6.45) is 0. The second kappa shape index (κ2) is 10.1. The number of halogens is 1. The van der Waals surface area contributed by atoms with Crippen LogP contribution in [-0.2, 0) is 4.79 Å². The highest BCUT2D eigenvalue weighted by molar-refractivity contribution is 9.10. The Hall–Kier alpha value is -2.10. The minimum atomic E-state index is -0.846. The lowest BCUT2D eigenvalue weighted by molar-refractivity contribution is -0.138.